The SMILES string of the molecule is CCOc1cc(C=Nn2cc(C)nc2N)ccc1OCC(=O)NC(C)c1ccccc1. The van der Waals surface area contributed by atoms with E-state index in [2.05, 4.69) is 15.4 Å². The topological polar surface area (TPSA) is 104 Å². The van der Waals surface area contributed by atoms with Crippen molar-refractivity contribution in [3.63, 3.8) is 0 Å². The van der Waals surface area contributed by atoms with E-state index in [9.17, 15) is 4.79 Å². The second-order valence-corrected chi connectivity index (χ2v) is 6.96. The molecule has 0 fully saturated rings. The van der Waals surface area contributed by atoms with E-state index >= 15 is 0 Å². The van der Waals surface area contributed by atoms with Crippen LogP contribution in [0, 0.1) is 6.92 Å². The fraction of sp³-hybridized carbons (Fsp3) is 0.261. The Labute approximate surface area is 181 Å². The summed E-state index contributed by atoms with van der Waals surface area (Å²) < 4.78 is 12.9. The number of anilines is 1. The van der Waals surface area contributed by atoms with Gasteiger partial charge in [0, 0.05) is 0 Å². The molecule has 0 radical (unpaired) electrons. The average Bonchev–Trinajstić information content (AvgIpc) is 3.09. The highest BCUT2D eigenvalue weighted by atomic mass is 16.5. The molecule has 1 amide bonds. The Morgan fingerprint density at radius 3 is 2.68 bits per heavy atom. The number of nitrogen functional groups attached to an aromatic ring is 1. The summed E-state index contributed by atoms with van der Waals surface area (Å²) in [5.74, 6) is 1.12. The van der Waals surface area contributed by atoms with Crippen molar-refractivity contribution in [3.05, 3.63) is 71.5 Å². The third-order valence-corrected chi connectivity index (χ3v) is 4.47. The first-order valence-corrected chi connectivity index (χ1v) is 10.1. The van der Waals surface area contributed by atoms with E-state index in [0.717, 1.165) is 16.8 Å². The normalized spacial score (nSPS) is 12.0. The number of aryl methyl sites for hydroxylation is 1. The molecule has 162 valence electrons. The maximum Gasteiger partial charge on any atom is 0.258 e. The van der Waals surface area contributed by atoms with E-state index in [4.69, 9.17) is 15.2 Å². The Hall–Kier alpha value is -3.81. The molecule has 0 saturated carbocycles. The van der Waals surface area contributed by atoms with E-state index in [1.807, 2.05) is 57.2 Å². The number of nitrogens with one attached hydrogen (secondary N) is 1. The Morgan fingerprint density at radius 1 is 1.23 bits per heavy atom. The van der Waals surface area contributed by atoms with E-state index in [1.54, 1.807) is 24.5 Å². The van der Waals surface area contributed by atoms with Crippen molar-refractivity contribution in [1.29, 1.82) is 0 Å². The molecule has 0 aliphatic rings. The molecular formula is C23H27N5O3. The summed E-state index contributed by atoms with van der Waals surface area (Å²) >= 11 is 0. The van der Waals surface area contributed by atoms with Crippen LogP contribution < -0.4 is 20.5 Å². The molecule has 1 atom stereocenters. The summed E-state index contributed by atoms with van der Waals surface area (Å²) in [5, 5.41) is 7.24. The summed E-state index contributed by atoms with van der Waals surface area (Å²) in [7, 11) is 0. The van der Waals surface area contributed by atoms with E-state index < -0.39 is 0 Å². The Morgan fingerprint density at radius 2 is 2.00 bits per heavy atom. The lowest BCUT2D eigenvalue weighted by Crippen LogP contribution is -2.31. The number of ether oxygens (including phenoxy) is 2. The molecule has 0 aliphatic carbocycles. The lowest BCUT2D eigenvalue weighted by molar-refractivity contribution is -0.123. The van der Waals surface area contributed by atoms with Crippen LogP contribution in [0.25, 0.3) is 0 Å². The molecule has 3 aromatic rings. The quantitative estimate of drug-likeness (QED) is 0.516. The second-order valence-electron chi connectivity index (χ2n) is 6.96. The highest BCUT2D eigenvalue weighted by Gasteiger charge is 2.12. The molecule has 0 bridgehead atoms. The van der Waals surface area contributed by atoms with Gasteiger partial charge < -0.3 is 20.5 Å². The van der Waals surface area contributed by atoms with Crippen molar-refractivity contribution in [2.45, 2.75) is 26.8 Å². The minimum atomic E-state index is -0.213. The first-order valence-electron chi connectivity index (χ1n) is 10.1. The number of imidazole rings is 1. The third-order valence-electron chi connectivity index (χ3n) is 4.47. The summed E-state index contributed by atoms with van der Waals surface area (Å²) in [4.78, 5) is 16.4. The molecular weight excluding hydrogens is 394 g/mol. The highest BCUT2D eigenvalue weighted by molar-refractivity contribution is 5.81. The molecule has 1 unspecified atom stereocenters. The van der Waals surface area contributed by atoms with E-state index in [-0.39, 0.29) is 18.6 Å². The minimum Gasteiger partial charge on any atom is -0.490 e. The van der Waals surface area contributed by atoms with Gasteiger partial charge in [-0.3, -0.25) is 4.79 Å². The number of carbonyl (C=O) groups is 1. The van der Waals surface area contributed by atoms with Gasteiger partial charge in [0.15, 0.2) is 18.1 Å². The van der Waals surface area contributed by atoms with Crippen molar-refractivity contribution >= 4 is 18.1 Å². The van der Waals surface area contributed by atoms with Crippen LogP contribution in [0.5, 0.6) is 11.5 Å². The van der Waals surface area contributed by atoms with Gasteiger partial charge in [0.1, 0.15) is 0 Å². The number of benzene rings is 2. The Balaban J connectivity index is 1.64. The number of carbonyl (C=O) groups excluding carboxylic acids is 1. The zero-order valence-corrected chi connectivity index (χ0v) is 17.9. The number of nitrogens with two attached hydrogens (primary N) is 1. The van der Waals surface area contributed by atoms with Crippen LogP contribution in [-0.4, -0.2) is 35.0 Å². The van der Waals surface area contributed by atoms with Crippen molar-refractivity contribution in [1.82, 2.24) is 15.0 Å². The molecule has 0 aliphatic heterocycles. The zero-order valence-electron chi connectivity index (χ0n) is 17.9. The van der Waals surface area contributed by atoms with Crippen LogP contribution >= 0.6 is 0 Å². The Bertz CT molecular complexity index is 1050. The fourth-order valence-electron chi connectivity index (χ4n) is 2.97. The van der Waals surface area contributed by atoms with Gasteiger partial charge in [-0.1, -0.05) is 30.3 Å². The summed E-state index contributed by atoms with van der Waals surface area (Å²) in [5.41, 5.74) is 8.41. The maximum atomic E-state index is 12.3. The van der Waals surface area contributed by atoms with Gasteiger partial charge in [0.05, 0.1) is 30.8 Å². The number of nitrogens with zero attached hydrogens (tertiary/aromatic N) is 3. The molecule has 1 aromatic heterocycles. The third kappa shape index (κ3) is 6.08. The largest absolute Gasteiger partial charge is 0.490 e. The molecule has 2 aromatic carbocycles. The standard InChI is InChI=1S/C23H27N5O3/c1-4-30-21-12-18(13-25-28-14-16(2)26-23(28)24)10-11-20(21)31-15-22(29)27-17(3)19-8-6-5-7-9-19/h5-14,17H,4,15H2,1-3H3,(H2,24,26)(H,27,29). The number of amides is 1. The van der Waals surface area contributed by atoms with Crippen molar-refractivity contribution in [2.75, 3.05) is 18.9 Å². The Kier molecular flexibility index (Phi) is 7.26. The number of hydrogen-bond acceptors (Lipinski definition) is 6. The van der Waals surface area contributed by atoms with Crippen LogP contribution in [0.3, 0.4) is 0 Å². The molecule has 3 rings (SSSR count). The van der Waals surface area contributed by atoms with E-state index in [1.165, 1.54) is 4.68 Å². The molecule has 8 nitrogen and oxygen atoms in total. The monoisotopic (exact) mass is 421 g/mol. The van der Waals surface area contributed by atoms with Gasteiger partial charge in [-0.15, -0.1) is 0 Å². The van der Waals surface area contributed by atoms with Crippen molar-refractivity contribution in [2.24, 2.45) is 5.10 Å². The lowest BCUT2D eigenvalue weighted by Gasteiger charge is -2.16. The molecule has 8 heteroatoms. The smallest absolute Gasteiger partial charge is 0.258 e. The van der Waals surface area contributed by atoms with Crippen LogP contribution in [0.15, 0.2) is 59.8 Å². The van der Waals surface area contributed by atoms with Crippen molar-refractivity contribution in [3.8, 4) is 11.5 Å². The predicted octanol–water partition coefficient (Wildman–Crippen LogP) is 3.31. The highest BCUT2D eigenvalue weighted by Crippen LogP contribution is 2.28. The van der Waals surface area contributed by atoms with Gasteiger partial charge >= 0.3 is 0 Å². The number of hydrogen-bond donors (Lipinski definition) is 2. The first-order chi connectivity index (χ1) is 15.0. The van der Waals surface area contributed by atoms with Gasteiger partial charge in [0.25, 0.3) is 5.91 Å². The molecule has 1 heterocycles. The minimum absolute atomic E-state index is 0.110. The summed E-state index contributed by atoms with van der Waals surface area (Å²) in [6.07, 6.45) is 3.39. The van der Waals surface area contributed by atoms with Crippen LogP contribution in [0.2, 0.25) is 0 Å². The fourth-order valence-corrected chi connectivity index (χ4v) is 2.97. The second kappa shape index (κ2) is 10.3. The maximum absolute atomic E-state index is 12.3. The van der Waals surface area contributed by atoms with Gasteiger partial charge in [-0.2, -0.15) is 5.10 Å². The lowest BCUT2D eigenvalue weighted by atomic mass is 10.1. The van der Waals surface area contributed by atoms with Crippen LogP contribution in [0.4, 0.5) is 5.95 Å². The summed E-state index contributed by atoms with van der Waals surface area (Å²) in [6, 6.07) is 15.0. The molecule has 0 spiro atoms. The predicted molar refractivity (Wildman–Crippen MR) is 120 cm³/mol. The molecule has 0 saturated heterocycles. The first kappa shape index (κ1) is 21.9. The van der Waals surface area contributed by atoms with Gasteiger partial charge in [-0.25, -0.2) is 9.66 Å². The van der Waals surface area contributed by atoms with Crippen LogP contribution in [-0.2, 0) is 4.79 Å². The van der Waals surface area contributed by atoms with Gasteiger partial charge in [-0.05, 0) is 50.1 Å². The number of rotatable bonds is 9. The average molecular weight is 422 g/mol. The van der Waals surface area contributed by atoms with Crippen LogP contribution in [0.1, 0.15) is 36.7 Å². The zero-order chi connectivity index (χ0) is 22.2. The summed E-state index contributed by atoms with van der Waals surface area (Å²) in [6.45, 7) is 6.01. The molecule has 31 heavy (non-hydrogen) atoms. The van der Waals surface area contributed by atoms with Crippen molar-refractivity contribution < 1.29 is 14.3 Å². The van der Waals surface area contributed by atoms with E-state index in [0.29, 0.717) is 24.1 Å². The molecule has 3 N–H and O–H groups in total. The number of aromatic nitrogens is 2. The van der Waals surface area contributed by atoms with Gasteiger partial charge in [0.2, 0.25) is 5.95 Å².